The molecule has 1 heterocycles. The van der Waals surface area contributed by atoms with E-state index in [0.717, 1.165) is 42.6 Å². The van der Waals surface area contributed by atoms with Crippen LogP contribution >= 0.6 is 0 Å². The first-order valence-corrected chi connectivity index (χ1v) is 10.4. The highest BCUT2D eigenvalue weighted by Gasteiger charge is 2.23. The van der Waals surface area contributed by atoms with E-state index in [4.69, 9.17) is 11.0 Å². The van der Waals surface area contributed by atoms with E-state index >= 15 is 0 Å². The molecular weight excluding hydrogens is 388 g/mol. The fraction of sp³-hybridized carbons (Fsp3) is 0.250. The molecule has 1 aromatic heterocycles. The molecule has 4 rings (SSSR count). The molecule has 7 nitrogen and oxygen atoms in total. The number of nitrogens with two attached hydrogens (primary N) is 1. The molecule has 2 atom stereocenters. The van der Waals surface area contributed by atoms with Crippen molar-refractivity contribution in [3.63, 3.8) is 0 Å². The average molecular weight is 412 g/mol. The predicted octanol–water partition coefficient (Wildman–Crippen LogP) is 3.76. The van der Waals surface area contributed by atoms with Crippen LogP contribution in [0.4, 0.5) is 11.5 Å². The summed E-state index contributed by atoms with van der Waals surface area (Å²) >= 11 is 0. The Morgan fingerprint density at radius 2 is 1.87 bits per heavy atom. The van der Waals surface area contributed by atoms with Crippen LogP contribution in [0.25, 0.3) is 11.3 Å². The van der Waals surface area contributed by atoms with Crippen molar-refractivity contribution < 1.29 is 4.79 Å². The maximum atomic E-state index is 12.6. The van der Waals surface area contributed by atoms with Crippen molar-refractivity contribution in [2.24, 2.45) is 5.73 Å². The van der Waals surface area contributed by atoms with Gasteiger partial charge >= 0.3 is 0 Å². The highest BCUT2D eigenvalue weighted by Crippen LogP contribution is 2.22. The van der Waals surface area contributed by atoms with Crippen molar-refractivity contribution >= 4 is 17.4 Å². The van der Waals surface area contributed by atoms with E-state index < -0.39 is 0 Å². The third kappa shape index (κ3) is 5.05. The summed E-state index contributed by atoms with van der Waals surface area (Å²) in [4.78, 5) is 21.1. The van der Waals surface area contributed by atoms with Crippen molar-refractivity contribution in [2.75, 3.05) is 5.32 Å². The minimum Gasteiger partial charge on any atom is -0.348 e. The Kier molecular flexibility index (Phi) is 6.20. The molecule has 1 aliphatic rings. The Bertz CT molecular complexity index is 1110. The van der Waals surface area contributed by atoms with Gasteiger partial charge in [-0.25, -0.2) is 9.97 Å². The fourth-order valence-electron chi connectivity index (χ4n) is 3.77. The first-order chi connectivity index (χ1) is 15.1. The smallest absolute Gasteiger partial charge is 0.251 e. The number of anilines is 2. The second-order valence-corrected chi connectivity index (χ2v) is 7.71. The topological polar surface area (TPSA) is 117 Å². The van der Waals surface area contributed by atoms with Crippen molar-refractivity contribution in [3.05, 3.63) is 72.1 Å². The zero-order valence-corrected chi connectivity index (χ0v) is 17.1. The van der Waals surface area contributed by atoms with Gasteiger partial charge in [0, 0.05) is 35.0 Å². The van der Waals surface area contributed by atoms with Crippen LogP contribution in [-0.4, -0.2) is 28.0 Å². The van der Waals surface area contributed by atoms with Crippen LogP contribution in [0.2, 0.25) is 0 Å². The summed E-state index contributed by atoms with van der Waals surface area (Å²) < 4.78 is 0. The van der Waals surface area contributed by atoms with Gasteiger partial charge in [0.25, 0.3) is 5.91 Å². The van der Waals surface area contributed by atoms with Gasteiger partial charge in [-0.3, -0.25) is 4.79 Å². The Morgan fingerprint density at radius 1 is 1.06 bits per heavy atom. The highest BCUT2D eigenvalue weighted by molar-refractivity contribution is 5.94. The van der Waals surface area contributed by atoms with Gasteiger partial charge in [0.15, 0.2) is 0 Å². The van der Waals surface area contributed by atoms with Gasteiger partial charge in [0.1, 0.15) is 12.1 Å². The normalized spacial score (nSPS) is 18.1. The number of nitrogens with one attached hydrogen (secondary N) is 2. The molecule has 0 radical (unpaired) electrons. The lowest BCUT2D eigenvalue weighted by Crippen LogP contribution is -2.49. The van der Waals surface area contributed by atoms with Crippen molar-refractivity contribution in [3.8, 4) is 17.3 Å². The molecule has 1 aliphatic carbocycles. The summed E-state index contributed by atoms with van der Waals surface area (Å²) in [5.74, 6) is 0.522. The Labute approximate surface area is 181 Å². The van der Waals surface area contributed by atoms with Gasteiger partial charge in [-0.05, 0) is 49.2 Å². The Hall–Kier alpha value is -3.76. The molecule has 0 saturated heterocycles. The van der Waals surface area contributed by atoms with E-state index in [1.165, 1.54) is 6.33 Å². The summed E-state index contributed by atoms with van der Waals surface area (Å²) in [7, 11) is 0. The monoisotopic (exact) mass is 412 g/mol. The van der Waals surface area contributed by atoms with Gasteiger partial charge < -0.3 is 16.4 Å². The van der Waals surface area contributed by atoms with Gasteiger partial charge in [-0.1, -0.05) is 25.0 Å². The largest absolute Gasteiger partial charge is 0.348 e. The highest BCUT2D eigenvalue weighted by atomic mass is 16.1. The standard InChI is InChI=1S/C24H24N6O/c25-14-16-4-3-5-18(12-16)22-13-23(28-15-27-22)29-19-10-8-17(9-11-19)24(31)30-21-7-2-1-6-20(21)26/h3-5,8-13,15,20-21H,1-2,6-7,26H2,(H,30,31)(H,27,28,29)/t20-,21-/m0/s1. The number of nitriles is 1. The minimum absolute atomic E-state index is 0.0273. The summed E-state index contributed by atoms with van der Waals surface area (Å²) in [6, 6.07) is 18.5. The van der Waals surface area contributed by atoms with Gasteiger partial charge in [-0.2, -0.15) is 5.26 Å². The van der Waals surface area contributed by atoms with Gasteiger partial charge in [-0.15, -0.1) is 0 Å². The van der Waals surface area contributed by atoms with Crippen LogP contribution in [-0.2, 0) is 0 Å². The van der Waals surface area contributed by atoms with Crippen molar-refractivity contribution in [1.82, 2.24) is 15.3 Å². The lowest BCUT2D eigenvalue weighted by molar-refractivity contribution is 0.0921. The number of aromatic nitrogens is 2. The minimum atomic E-state index is -0.101. The number of rotatable bonds is 5. The summed E-state index contributed by atoms with van der Waals surface area (Å²) in [5.41, 5.74) is 9.68. The zero-order chi connectivity index (χ0) is 21.6. The molecule has 3 aromatic rings. The molecule has 4 N–H and O–H groups in total. The Morgan fingerprint density at radius 3 is 2.65 bits per heavy atom. The second-order valence-electron chi connectivity index (χ2n) is 7.71. The molecular formula is C24H24N6O. The third-order valence-corrected chi connectivity index (χ3v) is 5.51. The summed E-state index contributed by atoms with van der Waals surface area (Å²) in [6.45, 7) is 0. The van der Waals surface area contributed by atoms with Crippen molar-refractivity contribution in [1.29, 1.82) is 5.26 Å². The van der Waals surface area contributed by atoms with Gasteiger partial charge in [0.2, 0.25) is 0 Å². The summed E-state index contributed by atoms with van der Waals surface area (Å²) in [5, 5.41) is 15.4. The molecule has 2 aromatic carbocycles. The van der Waals surface area contributed by atoms with E-state index in [1.54, 1.807) is 24.3 Å². The van der Waals surface area contributed by atoms with E-state index in [9.17, 15) is 4.79 Å². The SMILES string of the molecule is N#Cc1cccc(-c2cc(Nc3ccc(C(=O)N[C@H]4CCCC[C@@H]4N)cc3)ncn2)c1. The van der Waals surface area contributed by atoms with Crippen molar-refractivity contribution in [2.45, 2.75) is 37.8 Å². The lowest BCUT2D eigenvalue weighted by Gasteiger charge is -2.29. The molecule has 156 valence electrons. The average Bonchev–Trinajstić information content (AvgIpc) is 2.81. The molecule has 1 amide bonds. The van der Waals surface area contributed by atoms with Crippen LogP contribution in [0.15, 0.2) is 60.9 Å². The predicted molar refractivity (Wildman–Crippen MR) is 120 cm³/mol. The molecule has 31 heavy (non-hydrogen) atoms. The maximum Gasteiger partial charge on any atom is 0.251 e. The first-order valence-electron chi connectivity index (χ1n) is 10.4. The number of hydrogen-bond donors (Lipinski definition) is 3. The Balaban J connectivity index is 1.43. The van der Waals surface area contributed by atoms with Gasteiger partial charge in [0.05, 0.1) is 17.3 Å². The zero-order valence-electron chi connectivity index (χ0n) is 17.1. The van der Waals surface area contributed by atoms with E-state index in [1.807, 2.05) is 30.3 Å². The maximum absolute atomic E-state index is 12.6. The molecule has 7 heteroatoms. The second kappa shape index (κ2) is 9.37. The third-order valence-electron chi connectivity index (χ3n) is 5.51. The van der Waals surface area contributed by atoms with E-state index in [2.05, 4.69) is 26.7 Å². The molecule has 0 unspecified atom stereocenters. The number of nitrogens with zero attached hydrogens (tertiary/aromatic N) is 3. The van der Waals surface area contributed by atoms with Crippen LogP contribution in [0.1, 0.15) is 41.6 Å². The number of benzene rings is 2. The fourth-order valence-corrected chi connectivity index (χ4v) is 3.77. The number of carbonyl (C=O) groups is 1. The van der Waals surface area contributed by atoms with E-state index in [0.29, 0.717) is 16.9 Å². The summed E-state index contributed by atoms with van der Waals surface area (Å²) in [6.07, 6.45) is 5.59. The van der Waals surface area contributed by atoms with E-state index in [-0.39, 0.29) is 18.0 Å². The lowest BCUT2D eigenvalue weighted by atomic mass is 9.91. The molecule has 1 saturated carbocycles. The van der Waals surface area contributed by atoms with Crippen LogP contribution in [0, 0.1) is 11.3 Å². The number of amides is 1. The molecule has 0 spiro atoms. The molecule has 0 aliphatic heterocycles. The van der Waals surface area contributed by atoms with Crippen LogP contribution in [0.3, 0.4) is 0 Å². The first kappa shape index (κ1) is 20.5. The molecule has 0 bridgehead atoms. The number of carbonyl (C=O) groups excluding carboxylic acids is 1. The van der Waals surface area contributed by atoms with Crippen LogP contribution < -0.4 is 16.4 Å². The quantitative estimate of drug-likeness (QED) is 0.587. The van der Waals surface area contributed by atoms with Crippen LogP contribution in [0.5, 0.6) is 0 Å². The number of hydrogen-bond acceptors (Lipinski definition) is 6. The molecule has 1 fully saturated rings.